The summed E-state index contributed by atoms with van der Waals surface area (Å²) in [7, 11) is 0. The van der Waals surface area contributed by atoms with Gasteiger partial charge >= 0.3 is 0 Å². The molecule has 4 rings (SSSR count). The Balaban J connectivity index is 1.63. The summed E-state index contributed by atoms with van der Waals surface area (Å²) in [4.78, 5) is 30.5. The second-order valence-corrected chi connectivity index (χ2v) is 9.08. The van der Waals surface area contributed by atoms with Crippen molar-refractivity contribution in [2.75, 3.05) is 11.1 Å². The first-order valence-corrected chi connectivity index (χ1v) is 12.3. The van der Waals surface area contributed by atoms with Gasteiger partial charge in [-0.05, 0) is 43.4 Å². The van der Waals surface area contributed by atoms with Gasteiger partial charge in [0, 0.05) is 17.8 Å². The van der Waals surface area contributed by atoms with E-state index in [4.69, 9.17) is 4.98 Å². The van der Waals surface area contributed by atoms with Gasteiger partial charge in [0.2, 0.25) is 5.91 Å². The molecule has 0 aliphatic carbocycles. The molecule has 0 bridgehead atoms. The molecule has 164 valence electrons. The summed E-state index contributed by atoms with van der Waals surface area (Å²) in [6.07, 6.45) is 0.837. The molecule has 1 amide bonds. The van der Waals surface area contributed by atoms with E-state index in [9.17, 15) is 9.59 Å². The van der Waals surface area contributed by atoms with Crippen LogP contribution in [0.25, 0.3) is 21.5 Å². The van der Waals surface area contributed by atoms with Crippen LogP contribution in [0.1, 0.15) is 25.0 Å². The Morgan fingerprint density at radius 3 is 2.59 bits per heavy atom. The quantitative estimate of drug-likeness (QED) is 0.303. The minimum atomic E-state index is -0.130. The number of nitrogens with one attached hydrogen (secondary N) is 1. The minimum absolute atomic E-state index is 0.118. The number of hydrogen-bond acceptors (Lipinski definition) is 6. The van der Waals surface area contributed by atoms with E-state index >= 15 is 0 Å². The Kier molecular flexibility index (Phi) is 6.72. The maximum atomic E-state index is 13.1. The first-order valence-electron chi connectivity index (χ1n) is 10.5. The number of para-hydroxylation sites is 1. The summed E-state index contributed by atoms with van der Waals surface area (Å²) >= 11 is 2.44. The van der Waals surface area contributed by atoms with Crippen LogP contribution in [0.2, 0.25) is 0 Å². The van der Waals surface area contributed by atoms with Crippen LogP contribution in [0.3, 0.4) is 0 Å². The van der Waals surface area contributed by atoms with E-state index in [0.717, 1.165) is 28.8 Å². The van der Waals surface area contributed by atoms with Gasteiger partial charge in [-0.3, -0.25) is 14.2 Å². The van der Waals surface area contributed by atoms with Crippen LogP contribution >= 0.6 is 23.3 Å². The summed E-state index contributed by atoms with van der Waals surface area (Å²) in [5, 5.41) is 3.50. The number of nitrogens with zero attached hydrogens (tertiary/aromatic N) is 3. The Hall–Kier alpha value is -2.97. The lowest BCUT2D eigenvalue weighted by molar-refractivity contribution is -0.113. The molecule has 0 aliphatic rings. The van der Waals surface area contributed by atoms with Gasteiger partial charge in [-0.2, -0.15) is 4.37 Å². The van der Waals surface area contributed by atoms with E-state index in [-0.39, 0.29) is 17.2 Å². The van der Waals surface area contributed by atoms with Crippen LogP contribution in [-0.2, 0) is 17.8 Å². The Labute approximate surface area is 194 Å². The van der Waals surface area contributed by atoms with Gasteiger partial charge in [0.05, 0.1) is 5.75 Å². The SMILES string of the molecule is CCc1ccccc1NC(=O)CSc1nc2c(-c3ccc(C)cc3)nsc2c(=O)n1CC. The lowest BCUT2D eigenvalue weighted by atomic mass is 10.1. The van der Waals surface area contributed by atoms with Crippen molar-refractivity contribution < 1.29 is 4.79 Å². The van der Waals surface area contributed by atoms with E-state index < -0.39 is 0 Å². The molecule has 0 radical (unpaired) electrons. The average molecular weight is 465 g/mol. The van der Waals surface area contributed by atoms with Crippen LogP contribution in [0.5, 0.6) is 0 Å². The number of hydrogen-bond donors (Lipinski definition) is 1. The lowest BCUT2D eigenvalue weighted by Gasteiger charge is -2.11. The smallest absolute Gasteiger partial charge is 0.273 e. The third-order valence-corrected chi connectivity index (χ3v) is 6.99. The zero-order valence-corrected chi connectivity index (χ0v) is 19.8. The number of amides is 1. The molecule has 0 unspecified atom stereocenters. The second kappa shape index (κ2) is 9.67. The van der Waals surface area contributed by atoms with Gasteiger partial charge in [0.15, 0.2) is 5.16 Å². The number of benzene rings is 2. The molecule has 1 N–H and O–H groups in total. The van der Waals surface area contributed by atoms with Crippen molar-refractivity contribution >= 4 is 45.1 Å². The molecule has 0 saturated heterocycles. The Morgan fingerprint density at radius 1 is 1.12 bits per heavy atom. The molecule has 0 fully saturated rings. The van der Waals surface area contributed by atoms with Crippen molar-refractivity contribution in [3.05, 3.63) is 70.0 Å². The summed E-state index contributed by atoms with van der Waals surface area (Å²) in [6, 6.07) is 15.8. The molecular formula is C24H24N4O2S2. The molecule has 4 aromatic rings. The average Bonchev–Trinajstić information content (AvgIpc) is 3.23. The van der Waals surface area contributed by atoms with Gasteiger partial charge in [-0.1, -0.05) is 66.7 Å². The maximum absolute atomic E-state index is 13.1. The predicted molar refractivity (Wildman–Crippen MR) is 133 cm³/mol. The zero-order chi connectivity index (χ0) is 22.7. The summed E-state index contributed by atoms with van der Waals surface area (Å²) in [5.74, 6) is 0.0306. The molecule has 0 saturated carbocycles. The number of carbonyl (C=O) groups is 1. The van der Waals surface area contributed by atoms with Crippen molar-refractivity contribution in [3.8, 4) is 11.3 Å². The van der Waals surface area contributed by atoms with Crippen LogP contribution in [0.4, 0.5) is 5.69 Å². The summed E-state index contributed by atoms with van der Waals surface area (Å²) in [6.45, 7) is 6.46. The predicted octanol–water partition coefficient (Wildman–Crippen LogP) is 5.14. The van der Waals surface area contributed by atoms with Gasteiger partial charge in [-0.25, -0.2) is 4.98 Å². The van der Waals surface area contributed by atoms with E-state index in [1.54, 1.807) is 4.57 Å². The van der Waals surface area contributed by atoms with Gasteiger partial charge in [0.1, 0.15) is 15.9 Å². The van der Waals surface area contributed by atoms with Gasteiger partial charge in [-0.15, -0.1) is 0 Å². The molecular weight excluding hydrogens is 440 g/mol. The maximum Gasteiger partial charge on any atom is 0.273 e. The van der Waals surface area contributed by atoms with Crippen LogP contribution in [0.15, 0.2) is 58.5 Å². The highest BCUT2D eigenvalue weighted by Crippen LogP contribution is 2.30. The highest BCUT2D eigenvalue weighted by atomic mass is 32.2. The standard InChI is InChI=1S/C24H24N4O2S2/c1-4-16-8-6-7-9-18(16)25-19(29)14-31-24-26-21-20(17-12-10-15(3)11-13-17)27-32-22(21)23(30)28(24)5-2/h6-13H,4-5,14H2,1-3H3,(H,25,29). The zero-order valence-electron chi connectivity index (χ0n) is 18.2. The van der Waals surface area contributed by atoms with E-state index in [1.165, 1.54) is 23.3 Å². The third-order valence-electron chi connectivity index (χ3n) is 5.19. The third kappa shape index (κ3) is 4.47. The monoisotopic (exact) mass is 464 g/mol. The van der Waals surface area contributed by atoms with E-state index in [0.29, 0.717) is 27.6 Å². The number of carbonyl (C=O) groups excluding carboxylic acids is 1. The van der Waals surface area contributed by atoms with Crippen LogP contribution in [-0.4, -0.2) is 25.6 Å². The molecule has 0 aliphatic heterocycles. The highest BCUT2D eigenvalue weighted by molar-refractivity contribution is 7.99. The molecule has 8 heteroatoms. The first kappa shape index (κ1) is 22.2. The Morgan fingerprint density at radius 2 is 1.88 bits per heavy atom. The normalized spacial score (nSPS) is 11.1. The second-order valence-electron chi connectivity index (χ2n) is 7.37. The first-order chi connectivity index (χ1) is 15.5. The van der Waals surface area contributed by atoms with Gasteiger partial charge in [0.25, 0.3) is 5.56 Å². The number of aromatic nitrogens is 3. The number of anilines is 1. The van der Waals surface area contributed by atoms with Crippen molar-refractivity contribution in [1.82, 2.24) is 13.9 Å². The number of thioether (sulfide) groups is 1. The molecule has 2 heterocycles. The molecule has 0 spiro atoms. The van der Waals surface area contributed by atoms with Crippen molar-refractivity contribution in [3.63, 3.8) is 0 Å². The molecule has 6 nitrogen and oxygen atoms in total. The molecule has 2 aromatic heterocycles. The van der Waals surface area contributed by atoms with Crippen LogP contribution < -0.4 is 10.9 Å². The minimum Gasteiger partial charge on any atom is -0.325 e. The van der Waals surface area contributed by atoms with Crippen molar-refractivity contribution in [2.24, 2.45) is 0 Å². The van der Waals surface area contributed by atoms with E-state index in [2.05, 4.69) is 16.6 Å². The van der Waals surface area contributed by atoms with Crippen LogP contribution in [0, 0.1) is 6.92 Å². The molecule has 2 aromatic carbocycles. The van der Waals surface area contributed by atoms with Gasteiger partial charge < -0.3 is 5.32 Å². The molecule has 0 atom stereocenters. The highest BCUT2D eigenvalue weighted by Gasteiger charge is 2.18. The fourth-order valence-corrected chi connectivity index (χ4v) is 5.10. The summed E-state index contributed by atoms with van der Waals surface area (Å²) in [5.41, 5.74) is 5.16. The Bertz CT molecular complexity index is 1330. The van der Waals surface area contributed by atoms with E-state index in [1.807, 2.05) is 62.4 Å². The number of fused-ring (bicyclic) bond motifs is 1. The summed E-state index contributed by atoms with van der Waals surface area (Å²) < 4.78 is 6.66. The largest absolute Gasteiger partial charge is 0.325 e. The fourth-order valence-electron chi connectivity index (χ4n) is 3.45. The number of rotatable bonds is 7. The fraction of sp³-hybridized carbons (Fsp3) is 0.250. The van der Waals surface area contributed by atoms with Crippen molar-refractivity contribution in [2.45, 2.75) is 38.9 Å². The van der Waals surface area contributed by atoms with Crippen molar-refractivity contribution in [1.29, 1.82) is 0 Å². The topological polar surface area (TPSA) is 76.9 Å². The lowest BCUT2D eigenvalue weighted by Crippen LogP contribution is -2.23. The number of aryl methyl sites for hydroxylation is 2. The molecule has 32 heavy (non-hydrogen) atoms.